The second kappa shape index (κ2) is 16.0. The van der Waals surface area contributed by atoms with Crippen molar-refractivity contribution in [3.8, 4) is 11.1 Å². The maximum atomic E-state index is 13.9. The molecule has 5 aliphatic rings. The van der Waals surface area contributed by atoms with Crippen LogP contribution in [-0.4, -0.2) is 101 Å². The van der Waals surface area contributed by atoms with E-state index in [4.69, 9.17) is 27.3 Å². The average Bonchev–Trinajstić information content (AvgIpc) is 4.02. The van der Waals surface area contributed by atoms with Crippen molar-refractivity contribution in [1.29, 1.82) is 0 Å². The number of piperidine rings is 1. The van der Waals surface area contributed by atoms with Crippen LogP contribution in [0, 0.1) is 17.8 Å². The van der Waals surface area contributed by atoms with Crippen LogP contribution in [0.1, 0.15) is 107 Å². The van der Waals surface area contributed by atoms with E-state index in [2.05, 4.69) is 15.1 Å². The van der Waals surface area contributed by atoms with Crippen molar-refractivity contribution >= 4 is 41.0 Å². The first kappa shape index (κ1) is 41.3. The molecule has 2 aliphatic carbocycles. The molecule has 9 rings (SSSR count). The number of rotatable bonds is 11. The maximum Gasteiger partial charge on any atom is 0.314 e. The second-order valence-electron chi connectivity index (χ2n) is 18.4. The van der Waals surface area contributed by atoms with Gasteiger partial charge in [0.25, 0.3) is 5.91 Å². The summed E-state index contributed by atoms with van der Waals surface area (Å²) in [7, 11) is 3.82. The highest BCUT2D eigenvalue weighted by Crippen LogP contribution is 2.63. The van der Waals surface area contributed by atoms with E-state index in [0.29, 0.717) is 60.1 Å². The van der Waals surface area contributed by atoms with E-state index in [0.717, 1.165) is 123 Å². The number of carbonyl (C=O) groups is 4. The molecule has 2 aromatic heterocycles. The predicted molar refractivity (Wildman–Crippen MR) is 232 cm³/mol. The van der Waals surface area contributed by atoms with Crippen LogP contribution in [0.5, 0.6) is 0 Å². The van der Waals surface area contributed by atoms with Gasteiger partial charge in [0.2, 0.25) is 5.78 Å². The molecule has 3 fully saturated rings. The number of nitrogens with one attached hydrogen (secondary N) is 1. The van der Waals surface area contributed by atoms with E-state index in [1.165, 1.54) is 0 Å². The maximum absolute atomic E-state index is 13.9. The van der Waals surface area contributed by atoms with Gasteiger partial charge in [0.05, 0.1) is 21.8 Å². The van der Waals surface area contributed by atoms with Crippen molar-refractivity contribution in [3.63, 3.8) is 0 Å². The number of hydrogen-bond donors (Lipinski definition) is 3. The topological polar surface area (TPSA) is 172 Å². The Morgan fingerprint density at radius 1 is 0.869 bits per heavy atom. The van der Waals surface area contributed by atoms with Gasteiger partial charge in [-0.2, -0.15) is 0 Å². The number of halogens is 1. The van der Waals surface area contributed by atoms with Crippen molar-refractivity contribution in [1.82, 2.24) is 33.8 Å². The number of carboxylic acids is 1. The van der Waals surface area contributed by atoms with Gasteiger partial charge in [0.1, 0.15) is 0 Å². The molecule has 1 saturated heterocycles. The molecule has 4 aromatic rings. The number of imidazole rings is 2. The lowest BCUT2D eigenvalue weighted by Gasteiger charge is -2.39. The van der Waals surface area contributed by atoms with E-state index >= 15 is 0 Å². The fraction of sp³-hybridized carbons (Fsp3) is 0.522. The Hall–Kier alpha value is -5.05. The second-order valence-corrected chi connectivity index (χ2v) is 18.8. The molecule has 0 radical (unpaired) electrons. The van der Waals surface area contributed by atoms with E-state index in [9.17, 15) is 24.3 Å². The van der Waals surface area contributed by atoms with Gasteiger partial charge in [-0.3, -0.25) is 24.2 Å². The zero-order chi connectivity index (χ0) is 42.8. The summed E-state index contributed by atoms with van der Waals surface area (Å²) in [5, 5.41) is 13.5. The van der Waals surface area contributed by atoms with Gasteiger partial charge < -0.3 is 30.2 Å². The van der Waals surface area contributed by atoms with Gasteiger partial charge >= 0.3 is 12.0 Å². The van der Waals surface area contributed by atoms with Crippen LogP contribution in [0.4, 0.5) is 10.5 Å². The fourth-order valence-corrected chi connectivity index (χ4v) is 11.6. The highest BCUT2D eigenvalue weighted by molar-refractivity contribution is 6.34. The molecular weight excluding hydrogens is 794 g/mol. The highest BCUT2D eigenvalue weighted by atomic mass is 35.5. The van der Waals surface area contributed by atoms with Crippen molar-refractivity contribution in [2.75, 3.05) is 38.0 Å². The Morgan fingerprint density at radius 2 is 1.52 bits per heavy atom. The number of aliphatic carboxylic acids is 1. The summed E-state index contributed by atoms with van der Waals surface area (Å²) in [6.45, 7) is 7.26. The van der Waals surface area contributed by atoms with E-state index < -0.39 is 11.4 Å². The number of anilines is 1. The Labute approximate surface area is 361 Å². The van der Waals surface area contributed by atoms with E-state index in [1.54, 1.807) is 4.90 Å². The number of carbonyl (C=O) groups excluding carboxylic acids is 3. The molecule has 15 heteroatoms. The molecule has 3 amide bonds. The number of Topliss-reactive ketones (excluding diaryl/α,β-unsaturated/α-hetero) is 1. The normalized spacial score (nSPS) is 22.9. The lowest BCUT2D eigenvalue weighted by molar-refractivity contribution is -0.148. The Balaban J connectivity index is 0.850. The number of likely N-dealkylation sites (tertiary alicyclic amines) is 1. The van der Waals surface area contributed by atoms with Gasteiger partial charge in [0, 0.05) is 101 Å². The predicted octanol–water partition coefficient (Wildman–Crippen LogP) is 6.14. The summed E-state index contributed by atoms with van der Waals surface area (Å²) in [6.07, 6.45) is 8.83. The molecule has 2 saturated carbocycles. The third kappa shape index (κ3) is 7.54. The van der Waals surface area contributed by atoms with Crippen LogP contribution in [0.25, 0.3) is 11.1 Å². The molecule has 2 aromatic carbocycles. The van der Waals surface area contributed by atoms with Crippen molar-refractivity contribution < 1.29 is 24.3 Å². The number of fused-ring (bicyclic) bond motifs is 4. The molecule has 0 unspecified atom stereocenters. The van der Waals surface area contributed by atoms with Gasteiger partial charge in [-0.1, -0.05) is 41.9 Å². The van der Waals surface area contributed by atoms with Crippen LogP contribution in [0.2, 0.25) is 5.02 Å². The first-order valence-electron chi connectivity index (χ1n) is 21.8. The first-order valence-corrected chi connectivity index (χ1v) is 22.2. The number of benzene rings is 2. The van der Waals surface area contributed by atoms with Gasteiger partial charge in [-0.05, 0) is 93.0 Å². The lowest BCUT2D eigenvalue weighted by atomic mass is 9.80. The molecule has 61 heavy (non-hydrogen) atoms. The number of nitrogens with zero attached hydrogens (tertiary/aromatic N) is 7. The van der Waals surface area contributed by atoms with Crippen LogP contribution in [-0.2, 0) is 51.2 Å². The zero-order valence-corrected chi connectivity index (χ0v) is 36.2. The highest BCUT2D eigenvalue weighted by Gasteiger charge is 2.57. The summed E-state index contributed by atoms with van der Waals surface area (Å²) in [6, 6.07) is 11.4. The van der Waals surface area contributed by atoms with Crippen LogP contribution < -0.4 is 11.1 Å². The molecule has 0 spiro atoms. The first-order chi connectivity index (χ1) is 29.2. The Kier molecular flexibility index (Phi) is 10.8. The number of nitrogens with two attached hydrogens (primary N) is 1. The summed E-state index contributed by atoms with van der Waals surface area (Å²) in [5.74, 6) is -0.231. The minimum atomic E-state index is -0.622. The fourth-order valence-electron chi connectivity index (χ4n) is 11.3. The van der Waals surface area contributed by atoms with Crippen molar-refractivity contribution in [3.05, 3.63) is 87.0 Å². The third-order valence-electron chi connectivity index (χ3n) is 15.1. The number of carboxylic acid groups (broad SMARTS) is 1. The molecule has 14 nitrogen and oxygen atoms in total. The lowest BCUT2D eigenvalue weighted by Crippen LogP contribution is -2.49. The van der Waals surface area contributed by atoms with Crippen molar-refractivity contribution in [2.24, 2.45) is 30.7 Å². The molecule has 0 atom stereocenters. The summed E-state index contributed by atoms with van der Waals surface area (Å²) in [5.41, 5.74) is 13.0. The Bertz CT molecular complexity index is 2420. The molecule has 4 N–H and O–H groups in total. The van der Waals surface area contributed by atoms with Gasteiger partial charge in [0.15, 0.2) is 11.6 Å². The molecule has 322 valence electrons. The molecule has 5 heterocycles. The average molecular weight is 850 g/mol. The van der Waals surface area contributed by atoms with Gasteiger partial charge in [-0.15, -0.1) is 0 Å². The standard InChI is InChI=1S/C46H56ClN9O5/c1-28-31(32-8-4-6-29(39(32)47)24-38(57)40-49-35-26-56(22-13-37(35)52(40)2)30-10-20-55(21-11-30)44(48)61)7-5-9-33(28)51-42(58)41-50-34-25-54(19-12-36(34)53(41)3)23-18-45-14-16-46(27-45,17-15-45)43(59)60/h4-9,30H,10-27H2,1-3H3,(H2,48,61)(H,51,58)(H,59,60). The van der Waals surface area contributed by atoms with Gasteiger partial charge in [-0.25, -0.2) is 14.8 Å². The van der Waals surface area contributed by atoms with Crippen molar-refractivity contribution in [2.45, 2.75) is 96.7 Å². The summed E-state index contributed by atoms with van der Waals surface area (Å²) < 4.78 is 3.85. The number of amides is 3. The van der Waals surface area contributed by atoms with Crippen LogP contribution >= 0.6 is 11.6 Å². The number of aromatic nitrogens is 4. The zero-order valence-electron chi connectivity index (χ0n) is 35.4. The number of ketones is 1. The SMILES string of the molecule is Cc1c(NC(=O)c2nc3c(n2C)CCN(CCC24CCC(C(=O)O)(CC2)C4)C3)cccc1-c1cccc(CC(=O)c2nc3c(n2C)CCN(C2CCN(C(N)=O)CC2)C3)c1Cl. The molecular formula is C46H56ClN9O5. The van der Waals surface area contributed by atoms with E-state index in [1.807, 2.05) is 66.6 Å². The van der Waals surface area contributed by atoms with Crippen LogP contribution in [0.15, 0.2) is 36.4 Å². The smallest absolute Gasteiger partial charge is 0.314 e. The Morgan fingerprint density at radius 3 is 2.23 bits per heavy atom. The minimum Gasteiger partial charge on any atom is -0.481 e. The third-order valence-corrected chi connectivity index (χ3v) is 15.5. The van der Waals surface area contributed by atoms with E-state index in [-0.39, 0.29) is 29.6 Å². The monoisotopic (exact) mass is 849 g/mol. The number of primary amides is 1. The molecule has 3 aliphatic heterocycles. The summed E-state index contributed by atoms with van der Waals surface area (Å²) >= 11 is 7.12. The minimum absolute atomic E-state index is 0.0920. The quantitative estimate of drug-likeness (QED) is 0.150. The summed E-state index contributed by atoms with van der Waals surface area (Å²) in [4.78, 5) is 67.6. The molecule has 2 bridgehead atoms. The largest absolute Gasteiger partial charge is 0.481 e. The van der Waals surface area contributed by atoms with Crippen LogP contribution in [0.3, 0.4) is 0 Å². The number of hydrogen-bond acceptors (Lipinski definition) is 8. The number of urea groups is 1.